The quantitative estimate of drug-likeness (QED) is 0.659. The summed E-state index contributed by atoms with van der Waals surface area (Å²) in [6.45, 7) is 0. The minimum absolute atomic E-state index is 0.443. The second kappa shape index (κ2) is 3.63. The number of pyridine rings is 1. The fourth-order valence-electron chi connectivity index (χ4n) is 0.807. The Bertz CT molecular complexity index is 276. The normalized spacial score (nSPS) is 9.67. The van der Waals surface area contributed by atoms with Gasteiger partial charge in [-0.25, -0.2) is 4.98 Å². The zero-order valence-electron chi connectivity index (χ0n) is 7.34. The van der Waals surface area contributed by atoms with Crippen LogP contribution in [0, 0.1) is 0 Å². The van der Waals surface area contributed by atoms with Crippen LogP contribution < -0.4 is 9.64 Å². The van der Waals surface area contributed by atoms with E-state index in [0.29, 0.717) is 5.15 Å². The van der Waals surface area contributed by atoms with Crippen LogP contribution in [0.15, 0.2) is 12.1 Å². The molecular formula is C8H11ClN2O. The summed E-state index contributed by atoms with van der Waals surface area (Å²) in [5, 5.41) is 0.443. The molecule has 1 aromatic heterocycles. The molecule has 1 aromatic rings. The average Bonchev–Trinajstić information content (AvgIpc) is 2.03. The van der Waals surface area contributed by atoms with E-state index in [1.165, 1.54) is 0 Å². The highest BCUT2D eigenvalue weighted by Gasteiger charge is 2.02. The van der Waals surface area contributed by atoms with Crippen molar-refractivity contribution < 1.29 is 4.74 Å². The van der Waals surface area contributed by atoms with E-state index >= 15 is 0 Å². The van der Waals surface area contributed by atoms with E-state index in [9.17, 15) is 0 Å². The topological polar surface area (TPSA) is 25.4 Å². The maximum atomic E-state index is 5.76. The number of hydrogen-bond acceptors (Lipinski definition) is 3. The first-order valence-corrected chi connectivity index (χ1v) is 3.90. The molecule has 0 aliphatic rings. The van der Waals surface area contributed by atoms with Gasteiger partial charge in [0.05, 0.1) is 7.11 Å². The summed E-state index contributed by atoms with van der Waals surface area (Å²) in [4.78, 5) is 5.96. The van der Waals surface area contributed by atoms with Crippen LogP contribution in [-0.4, -0.2) is 26.2 Å². The van der Waals surface area contributed by atoms with E-state index in [4.69, 9.17) is 16.3 Å². The van der Waals surface area contributed by atoms with Crippen LogP contribution in [0.4, 0.5) is 5.82 Å². The highest BCUT2D eigenvalue weighted by Crippen LogP contribution is 2.21. The molecule has 1 rings (SSSR count). The zero-order valence-corrected chi connectivity index (χ0v) is 8.09. The van der Waals surface area contributed by atoms with Crippen LogP contribution in [0.1, 0.15) is 0 Å². The van der Waals surface area contributed by atoms with E-state index in [-0.39, 0.29) is 0 Å². The first-order chi connectivity index (χ1) is 5.63. The second-order valence-electron chi connectivity index (χ2n) is 2.58. The van der Waals surface area contributed by atoms with Gasteiger partial charge < -0.3 is 9.64 Å². The van der Waals surface area contributed by atoms with Gasteiger partial charge in [0, 0.05) is 26.2 Å². The van der Waals surface area contributed by atoms with Crippen LogP contribution in [0.5, 0.6) is 5.75 Å². The molecule has 0 spiro atoms. The summed E-state index contributed by atoms with van der Waals surface area (Å²) >= 11 is 5.76. The number of halogens is 1. The van der Waals surface area contributed by atoms with Gasteiger partial charge in [-0.1, -0.05) is 11.6 Å². The number of hydrogen-bond donors (Lipinski definition) is 0. The maximum absolute atomic E-state index is 5.76. The fourth-order valence-corrected chi connectivity index (χ4v) is 1.00. The van der Waals surface area contributed by atoms with Gasteiger partial charge in [-0.15, -0.1) is 0 Å². The Morgan fingerprint density at radius 1 is 1.42 bits per heavy atom. The second-order valence-corrected chi connectivity index (χ2v) is 2.97. The first-order valence-electron chi connectivity index (χ1n) is 3.52. The molecule has 1 heterocycles. The van der Waals surface area contributed by atoms with E-state index in [1.807, 2.05) is 25.1 Å². The lowest BCUT2D eigenvalue weighted by Gasteiger charge is -2.12. The van der Waals surface area contributed by atoms with Gasteiger partial charge in [-0.05, 0) is 0 Å². The summed E-state index contributed by atoms with van der Waals surface area (Å²) in [6, 6.07) is 3.50. The number of nitrogens with zero attached hydrogens (tertiary/aromatic N) is 2. The van der Waals surface area contributed by atoms with Crippen molar-refractivity contribution in [2.24, 2.45) is 0 Å². The molecular weight excluding hydrogens is 176 g/mol. The minimum Gasteiger partial charge on any atom is -0.497 e. The molecule has 0 saturated carbocycles. The number of rotatable bonds is 2. The van der Waals surface area contributed by atoms with Crippen molar-refractivity contribution in [3.05, 3.63) is 17.3 Å². The van der Waals surface area contributed by atoms with Crippen molar-refractivity contribution in [2.75, 3.05) is 26.1 Å². The summed E-state index contributed by atoms with van der Waals surface area (Å²) in [6.07, 6.45) is 0. The van der Waals surface area contributed by atoms with E-state index < -0.39 is 0 Å². The number of aromatic nitrogens is 1. The molecule has 0 fully saturated rings. The Morgan fingerprint density at radius 3 is 2.58 bits per heavy atom. The third-order valence-corrected chi connectivity index (χ3v) is 1.64. The van der Waals surface area contributed by atoms with Crippen molar-refractivity contribution >= 4 is 17.4 Å². The molecule has 0 radical (unpaired) electrons. The third kappa shape index (κ3) is 2.01. The van der Waals surface area contributed by atoms with Crippen molar-refractivity contribution in [3.8, 4) is 5.75 Å². The van der Waals surface area contributed by atoms with Crippen LogP contribution in [0.25, 0.3) is 0 Å². The zero-order chi connectivity index (χ0) is 9.14. The highest BCUT2D eigenvalue weighted by molar-refractivity contribution is 6.29. The number of ether oxygens (including phenoxy) is 1. The smallest absolute Gasteiger partial charge is 0.135 e. The Hall–Kier alpha value is -0.960. The Morgan fingerprint density at radius 2 is 2.08 bits per heavy atom. The molecule has 0 atom stereocenters. The predicted octanol–water partition coefficient (Wildman–Crippen LogP) is 1.81. The molecule has 0 bridgehead atoms. The molecule has 0 unspecified atom stereocenters. The van der Waals surface area contributed by atoms with Crippen molar-refractivity contribution in [3.63, 3.8) is 0 Å². The molecule has 0 aliphatic heterocycles. The summed E-state index contributed by atoms with van der Waals surface area (Å²) < 4.78 is 5.03. The largest absolute Gasteiger partial charge is 0.497 e. The van der Waals surface area contributed by atoms with Crippen molar-refractivity contribution in [1.29, 1.82) is 0 Å². The summed E-state index contributed by atoms with van der Waals surface area (Å²) in [5.41, 5.74) is 0. The number of methoxy groups -OCH3 is 1. The molecule has 66 valence electrons. The molecule has 0 aromatic carbocycles. The van der Waals surface area contributed by atoms with Gasteiger partial charge in [0.15, 0.2) is 0 Å². The summed E-state index contributed by atoms with van der Waals surface area (Å²) in [5.74, 6) is 1.51. The Kier molecular flexibility index (Phi) is 2.76. The first kappa shape index (κ1) is 9.13. The van der Waals surface area contributed by atoms with Gasteiger partial charge in [0.2, 0.25) is 0 Å². The van der Waals surface area contributed by atoms with Gasteiger partial charge in [-0.3, -0.25) is 0 Å². The molecule has 12 heavy (non-hydrogen) atoms. The minimum atomic E-state index is 0.443. The van der Waals surface area contributed by atoms with E-state index in [0.717, 1.165) is 11.6 Å². The maximum Gasteiger partial charge on any atom is 0.135 e. The van der Waals surface area contributed by atoms with E-state index in [1.54, 1.807) is 13.2 Å². The fraction of sp³-hybridized carbons (Fsp3) is 0.375. The average molecular weight is 187 g/mol. The molecule has 0 N–H and O–H groups in total. The predicted molar refractivity (Wildman–Crippen MR) is 50.1 cm³/mol. The van der Waals surface area contributed by atoms with E-state index in [2.05, 4.69) is 4.98 Å². The van der Waals surface area contributed by atoms with Crippen LogP contribution in [0.3, 0.4) is 0 Å². The Labute approximate surface area is 76.9 Å². The van der Waals surface area contributed by atoms with Crippen molar-refractivity contribution in [1.82, 2.24) is 4.98 Å². The molecule has 0 aliphatic carbocycles. The molecule has 4 heteroatoms. The van der Waals surface area contributed by atoms with Gasteiger partial charge in [0.25, 0.3) is 0 Å². The van der Waals surface area contributed by atoms with Gasteiger partial charge >= 0.3 is 0 Å². The molecule has 0 saturated heterocycles. The molecule has 3 nitrogen and oxygen atoms in total. The standard InChI is InChI=1S/C8H11ClN2O/c1-11(2)8-5-6(12-3)4-7(9)10-8/h4-5H,1-3H3. The lowest BCUT2D eigenvalue weighted by molar-refractivity contribution is 0.414. The van der Waals surface area contributed by atoms with Crippen LogP contribution in [0.2, 0.25) is 5.15 Å². The molecule has 0 amide bonds. The monoisotopic (exact) mass is 186 g/mol. The lowest BCUT2D eigenvalue weighted by atomic mass is 10.4. The highest BCUT2D eigenvalue weighted by atomic mass is 35.5. The Balaban J connectivity index is 3.06. The van der Waals surface area contributed by atoms with Crippen LogP contribution >= 0.6 is 11.6 Å². The van der Waals surface area contributed by atoms with Gasteiger partial charge in [-0.2, -0.15) is 0 Å². The SMILES string of the molecule is COc1cc(Cl)nc(N(C)C)c1. The number of anilines is 1. The lowest BCUT2D eigenvalue weighted by Crippen LogP contribution is -2.10. The van der Waals surface area contributed by atoms with Gasteiger partial charge in [0.1, 0.15) is 16.7 Å². The van der Waals surface area contributed by atoms with Crippen molar-refractivity contribution in [2.45, 2.75) is 0 Å². The summed E-state index contributed by atoms with van der Waals surface area (Å²) in [7, 11) is 5.40. The third-order valence-electron chi connectivity index (χ3n) is 1.45. The van der Waals surface area contributed by atoms with Crippen LogP contribution in [-0.2, 0) is 0 Å².